The van der Waals surface area contributed by atoms with Gasteiger partial charge < -0.3 is 9.47 Å². The van der Waals surface area contributed by atoms with Crippen molar-refractivity contribution in [1.29, 1.82) is 0 Å². The van der Waals surface area contributed by atoms with Crippen LogP contribution in [0.5, 0.6) is 0 Å². The van der Waals surface area contributed by atoms with Crippen molar-refractivity contribution in [2.75, 3.05) is 13.2 Å². The molecule has 0 N–H and O–H groups in total. The maximum atomic E-state index is 12.7. The number of hydrogen-bond donors (Lipinski definition) is 0. The highest BCUT2D eigenvalue weighted by molar-refractivity contribution is 8.00. The van der Waals surface area contributed by atoms with Crippen molar-refractivity contribution < 1.29 is 19.1 Å². The third-order valence-corrected chi connectivity index (χ3v) is 6.58. The topological polar surface area (TPSA) is 52.6 Å². The molecular formula is C25H30O4S. The molecule has 1 aliphatic heterocycles. The van der Waals surface area contributed by atoms with E-state index in [0.717, 1.165) is 12.0 Å². The van der Waals surface area contributed by atoms with E-state index in [2.05, 4.69) is 39.8 Å². The smallest absolute Gasteiger partial charge is 0.338 e. The highest BCUT2D eigenvalue weighted by Crippen LogP contribution is 2.51. The van der Waals surface area contributed by atoms with Gasteiger partial charge in [-0.15, -0.1) is 11.8 Å². The summed E-state index contributed by atoms with van der Waals surface area (Å²) in [6.45, 7) is 13.1. The highest BCUT2D eigenvalue weighted by Gasteiger charge is 2.38. The lowest BCUT2D eigenvalue weighted by atomic mass is 9.76. The van der Waals surface area contributed by atoms with E-state index in [0.29, 0.717) is 16.7 Å². The van der Waals surface area contributed by atoms with Crippen LogP contribution in [0.4, 0.5) is 0 Å². The molecule has 0 saturated heterocycles. The molecule has 0 aromatic heterocycles. The van der Waals surface area contributed by atoms with E-state index in [4.69, 9.17) is 9.47 Å². The molecule has 1 heterocycles. The van der Waals surface area contributed by atoms with Crippen LogP contribution in [0.3, 0.4) is 0 Å². The largest absolute Gasteiger partial charge is 0.462 e. The normalized spacial score (nSPS) is 16.5. The number of benzene rings is 2. The Bertz CT molecular complexity index is 939. The van der Waals surface area contributed by atoms with E-state index >= 15 is 0 Å². The van der Waals surface area contributed by atoms with Crippen LogP contribution in [-0.2, 0) is 14.9 Å². The minimum absolute atomic E-state index is 0.0247. The molecule has 2 aromatic rings. The zero-order valence-electron chi connectivity index (χ0n) is 18.6. The van der Waals surface area contributed by atoms with Crippen molar-refractivity contribution in [3.05, 3.63) is 53.1 Å². The van der Waals surface area contributed by atoms with Gasteiger partial charge in [-0.1, -0.05) is 39.8 Å². The van der Waals surface area contributed by atoms with Gasteiger partial charge in [0, 0.05) is 15.2 Å². The molecule has 0 unspecified atom stereocenters. The lowest BCUT2D eigenvalue weighted by Crippen LogP contribution is -2.33. The zero-order chi connectivity index (χ0) is 22.1. The molecule has 0 atom stereocenters. The predicted octanol–water partition coefficient (Wildman–Crippen LogP) is 6.26. The maximum Gasteiger partial charge on any atom is 0.338 e. The Balaban J connectivity index is 2.22. The molecule has 0 spiro atoms. The van der Waals surface area contributed by atoms with Crippen molar-refractivity contribution in [2.24, 2.45) is 0 Å². The number of esters is 2. The molecule has 2 aromatic carbocycles. The van der Waals surface area contributed by atoms with Crippen LogP contribution in [0.15, 0.2) is 41.3 Å². The van der Waals surface area contributed by atoms with Gasteiger partial charge in [-0.2, -0.15) is 0 Å². The van der Waals surface area contributed by atoms with Crippen LogP contribution in [0, 0.1) is 0 Å². The molecule has 0 radical (unpaired) electrons. The third-order valence-electron chi connectivity index (χ3n) is 5.31. The summed E-state index contributed by atoms with van der Waals surface area (Å²) in [5.41, 5.74) is 3.37. The average Bonchev–Trinajstić information content (AvgIpc) is 2.66. The first-order chi connectivity index (χ1) is 14.1. The third kappa shape index (κ3) is 4.41. The summed E-state index contributed by atoms with van der Waals surface area (Å²) in [4.78, 5) is 26.6. The van der Waals surface area contributed by atoms with Crippen LogP contribution in [-0.4, -0.2) is 29.9 Å². The predicted molar refractivity (Wildman–Crippen MR) is 121 cm³/mol. The SMILES string of the molecule is CCOC(=O)c1cccc(C(=O)OCC)c1-c1ccc2c(c1)C(C)(C)CC(C)(C)S2. The first kappa shape index (κ1) is 22.4. The Kier molecular flexibility index (Phi) is 6.32. The molecule has 5 heteroatoms. The number of fused-ring (bicyclic) bond motifs is 1. The van der Waals surface area contributed by atoms with E-state index in [1.165, 1.54) is 10.5 Å². The molecule has 160 valence electrons. The van der Waals surface area contributed by atoms with Gasteiger partial charge in [0.25, 0.3) is 0 Å². The molecular weight excluding hydrogens is 396 g/mol. The lowest BCUT2D eigenvalue weighted by molar-refractivity contribution is 0.0527. The number of rotatable bonds is 5. The van der Waals surface area contributed by atoms with E-state index in [9.17, 15) is 9.59 Å². The summed E-state index contributed by atoms with van der Waals surface area (Å²) in [5, 5.41) is 0. The number of carbonyl (C=O) groups excluding carboxylic acids is 2. The number of ether oxygens (including phenoxy) is 2. The molecule has 30 heavy (non-hydrogen) atoms. The van der Waals surface area contributed by atoms with Crippen LogP contribution in [0.25, 0.3) is 11.1 Å². The standard InChI is InChI=1S/C25H30O4S/c1-7-28-22(26)17-10-9-11-18(23(27)29-8-2)21(17)16-12-13-20-19(14-16)24(3,4)15-25(5,6)30-20/h9-14H,7-8,15H2,1-6H3. The Morgan fingerprint density at radius 1 is 0.933 bits per heavy atom. The minimum atomic E-state index is -0.439. The summed E-state index contributed by atoms with van der Waals surface area (Å²) in [6, 6.07) is 11.3. The zero-order valence-corrected chi connectivity index (χ0v) is 19.4. The van der Waals surface area contributed by atoms with E-state index in [-0.39, 0.29) is 23.4 Å². The van der Waals surface area contributed by atoms with Gasteiger partial charge in [0.15, 0.2) is 0 Å². The fraction of sp³-hybridized carbons (Fsp3) is 0.440. The van der Waals surface area contributed by atoms with E-state index in [1.807, 2.05) is 17.8 Å². The van der Waals surface area contributed by atoms with E-state index < -0.39 is 11.9 Å². The molecule has 0 saturated carbocycles. The number of hydrogen-bond acceptors (Lipinski definition) is 5. The van der Waals surface area contributed by atoms with Crippen LogP contribution in [0.1, 0.15) is 74.2 Å². The van der Waals surface area contributed by atoms with Gasteiger partial charge in [-0.3, -0.25) is 0 Å². The van der Waals surface area contributed by atoms with Gasteiger partial charge in [-0.25, -0.2) is 9.59 Å². The maximum absolute atomic E-state index is 12.7. The Morgan fingerprint density at radius 3 is 2.03 bits per heavy atom. The number of carbonyl (C=O) groups is 2. The Morgan fingerprint density at radius 2 is 1.50 bits per heavy atom. The van der Waals surface area contributed by atoms with Gasteiger partial charge in [-0.05, 0) is 61.1 Å². The van der Waals surface area contributed by atoms with Gasteiger partial charge in [0.1, 0.15) is 0 Å². The molecule has 0 bridgehead atoms. The monoisotopic (exact) mass is 426 g/mol. The molecule has 4 nitrogen and oxygen atoms in total. The quantitative estimate of drug-likeness (QED) is 0.528. The summed E-state index contributed by atoms with van der Waals surface area (Å²) >= 11 is 1.87. The second-order valence-electron chi connectivity index (χ2n) is 8.80. The first-order valence-corrected chi connectivity index (χ1v) is 11.2. The van der Waals surface area contributed by atoms with E-state index in [1.54, 1.807) is 32.0 Å². The fourth-order valence-corrected chi connectivity index (χ4v) is 6.03. The first-order valence-electron chi connectivity index (χ1n) is 10.4. The molecule has 1 aliphatic rings. The summed E-state index contributed by atoms with van der Waals surface area (Å²) in [5.74, 6) is -0.878. The van der Waals surface area contributed by atoms with Crippen LogP contribution >= 0.6 is 11.8 Å². The van der Waals surface area contributed by atoms with Gasteiger partial charge in [0.05, 0.1) is 24.3 Å². The molecule has 3 rings (SSSR count). The van der Waals surface area contributed by atoms with Gasteiger partial charge in [0.2, 0.25) is 0 Å². The lowest BCUT2D eigenvalue weighted by Gasteiger charge is -2.42. The Labute approximate surface area is 183 Å². The average molecular weight is 427 g/mol. The van der Waals surface area contributed by atoms with Crippen LogP contribution < -0.4 is 0 Å². The van der Waals surface area contributed by atoms with Gasteiger partial charge >= 0.3 is 11.9 Å². The second-order valence-corrected chi connectivity index (χ2v) is 10.6. The fourth-order valence-electron chi connectivity index (χ4n) is 4.42. The molecule has 0 fully saturated rings. The molecule has 0 aliphatic carbocycles. The van der Waals surface area contributed by atoms with Crippen molar-refractivity contribution in [3.8, 4) is 11.1 Å². The van der Waals surface area contributed by atoms with Crippen molar-refractivity contribution in [1.82, 2.24) is 0 Å². The summed E-state index contributed by atoms with van der Waals surface area (Å²) in [6.07, 6.45) is 1.03. The van der Waals surface area contributed by atoms with Crippen LogP contribution in [0.2, 0.25) is 0 Å². The second kappa shape index (κ2) is 8.46. The molecule has 0 amide bonds. The highest BCUT2D eigenvalue weighted by atomic mass is 32.2. The minimum Gasteiger partial charge on any atom is -0.462 e. The summed E-state index contributed by atoms with van der Waals surface area (Å²) in [7, 11) is 0. The van der Waals surface area contributed by atoms with Crippen molar-refractivity contribution in [3.63, 3.8) is 0 Å². The summed E-state index contributed by atoms with van der Waals surface area (Å²) < 4.78 is 10.7. The van der Waals surface area contributed by atoms with Crippen molar-refractivity contribution in [2.45, 2.75) is 63.0 Å². The van der Waals surface area contributed by atoms with Crippen molar-refractivity contribution >= 4 is 23.7 Å². The number of thioether (sulfide) groups is 1. The Hall–Kier alpha value is -2.27.